The zero-order valence-electron chi connectivity index (χ0n) is 14.4. The number of piperidine rings is 1. The van der Waals surface area contributed by atoms with Crippen molar-refractivity contribution < 1.29 is 17.9 Å². The van der Waals surface area contributed by atoms with Crippen molar-refractivity contribution in [3.8, 4) is 5.75 Å². The molecular weight excluding hydrogens is 387 g/mol. The first-order valence-electron chi connectivity index (χ1n) is 8.20. The molecule has 1 aromatic heterocycles. The van der Waals surface area contributed by atoms with E-state index in [0.29, 0.717) is 23.8 Å². The number of aromatic nitrogens is 2. The molecule has 0 aliphatic carbocycles. The molecule has 142 valence electrons. The van der Waals surface area contributed by atoms with E-state index >= 15 is 0 Å². The SMILES string of the molecule is Cc1c(SN2CCC(Oc3ccc(Cl)cc3)CC2)c(C(F)(F)F)nn1C. The number of ether oxygens (including phenoxy) is 1. The van der Waals surface area contributed by atoms with Crippen LogP contribution in [0.15, 0.2) is 29.2 Å². The van der Waals surface area contributed by atoms with Gasteiger partial charge in [0.15, 0.2) is 5.69 Å². The number of hydrogen-bond acceptors (Lipinski definition) is 4. The van der Waals surface area contributed by atoms with Gasteiger partial charge in [-0.2, -0.15) is 18.3 Å². The Morgan fingerprint density at radius 2 is 1.81 bits per heavy atom. The summed E-state index contributed by atoms with van der Waals surface area (Å²) in [6, 6.07) is 7.17. The van der Waals surface area contributed by atoms with Gasteiger partial charge in [-0.3, -0.25) is 4.68 Å². The van der Waals surface area contributed by atoms with E-state index in [0.717, 1.165) is 30.5 Å². The smallest absolute Gasteiger partial charge is 0.436 e. The minimum atomic E-state index is -4.45. The Bertz CT molecular complexity index is 756. The average molecular weight is 406 g/mol. The second-order valence-electron chi connectivity index (χ2n) is 6.18. The zero-order chi connectivity index (χ0) is 18.9. The summed E-state index contributed by atoms with van der Waals surface area (Å²) in [5, 5.41) is 4.28. The third kappa shape index (κ3) is 4.47. The van der Waals surface area contributed by atoms with Crippen molar-refractivity contribution >= 4 is 23.5 Å². The highest BCUT2D eigenvalue weighted by molar-refractivity contribution is 7.97. The molecule has 0 bridgehead atoms. The van der Waals surface area contributed by atoms with Gasteiger partial charge in [0.1, 0.15) is 11.9 Å². The van der Waals surface area contributed by atoms with E-state index < -0.39 is 11.9 Å². The van der Waals surface area contributed by atoms with E-state index in [9.17, 15) is 13.2 Å². The van der Waals surface area contributed by atoms with Gasteiger partial charge in [-0.1, -0.05) is 11.6 Å². The summed E-state index contributed by atoms with van der Waals surface area (Å²) in [6.45, 7) is 2.95. The fraction of sp³-hybridized carbons (Fsp3) is 0.471. The molecule has 9 heteroatoms. The van der Waals surface area contributed by atoms with Gasteiger partial charge in [-0.15, -0.1) is 0 Å². The van der Waals surface area contributed by atoms with E-state index in [1.165, 1.54) is 11.7 Å². The van der Waals surface area contributed by atoms with Crippen molar-refractivity contribution in [1.82, 2.24) is 14.1 Å². The highest BCUT2D eigenvalue weighted by Gasteiger charge is 2.39. The van der Waals surface area contributed by atoms with Crippen LogP contribution >= 0.6 is 23.5 Å². The first-order chi connectivity index (χ1) is 12.2. The van der Waals surface area contributed by atoms with Gasteiger partial charge in [0.05, 0.1) is 10.6 Å². The second kappa shape index (κ2) is 7.70. The van der Waals surface area contributed by atoms with E-state index in [1.807, 2.05) is 16.4 Å². The van der Waals surface area contributed by atoms with Crippen LogP contribution in [0.25, 0.3) is 0 Å². The first kappa shape index (κ1) is 19.4. The van der Waals surface area contributed by atoms with Crippen LogP contribution in [0.1, 0.15) is 24.2 Å². The summed E-state index contributed by atoms with van der Waals surface area (Å²) in [4.78, 5) is 0.178. The lowest BCUT2D eigenvalue weighted by Crippen LogP contribution is -2.34. The first-order valence-corrected chi connectivity index (χ1v) is 9.35. The van der Waals surface area contributed by atoms with Crippen LogP contribution < -0.4 is 4.74 Å². The van der Waals surface area contributed by atoms with Crippen LogP contribution in [0.3, 0.4) is 0 Å². The van der Waals surface area contributed by atoms with Crippen molar-refractivity contribution in [3.63, 3.8) is 0 Å². The van der Waals surface area contributed by atoms with Crippen molar-refractivity contribution in [2.75, 3.05) is 13.1 Å². The summed E-state index contributed by atoms with van der Waals surface area (Å²) in [5.74, 6) is 0.753. The molecule has 2 heterocycles. The number of hydrogen-bond donors (Lipinski definition) is 0. The van der Waals surface area contributed by atoms with E-state index in [1.54, 1.807) is 19.1 Å². The van der Waals surface area contributed by atoms with Crippen LogP contribution in [-0.2, 0) is 13.2 Å². The van der Waals surface area contributed by atoms with Crippen LogP contribution in [0.5, 0.6) is 5.75 Å². The molecule has 26 heavy (non-hydrogen) atoms. The molecule has 3 rings (SSSR count). The fourth-order valence-corrected chi connectivity index (χ4v) is 4.04. The third-order valence-corrected chi connectivity index (χ3v) is 5.83. The summed E-state index contributed by atoms with van der Waals surface area (Å²) in [6.07, 6.45) is -2.91. The Morgan fingerprint density at radius 3 is 2.38 bits per heavy atom. The molecule has 0 unspecified atom stereocenters. The minimum absolute atomic E-state index is 0.0464. The largest absolute Gasteiger partial charge is 0.490 e. The Balaban J connectivity index is 1.60. The Labute approximate surface area is 159 Å². The molecule has 0 saturated carbocycles. The minimum Gasteiger partial charge on any atom is -0.490 e. The van der Waals surface area contributed by atoms with Crippen LogP contribution in [0, 0.1) is 6.92 Å². The van der Waals surface area contributed by atoms with Gasteiger partial charge in [-0.25, -0.2) is 4.31 Å². The summed E-state index contributed by atoms with van der Waals surface area (Å²) >= 11 is 6.99. The predicted octanol–water partition coefficient (Wildman–Crippen LogP) is 4.95. The molecule has 1 aromatic carbocycles. The van der Waals surface area contributed by atoms with E-state index in [-0.39, 0.29) is 11.0 Å². The third-order valence-electron chi connectivity index (χ3n) is 4.29. The quantitative estimate of drug-likeness (QED) is 0.673. The molecule has 0 spiro atoms. The van der Waals surface area contributed by atoms with Crippen LogP contribution in [0.4, 0.5) is 13.2 Å². The molecule has 4 nitrogen and oxygen atoms in total. The molecule has 0 radical (unpaired) electrons. The number of alkyl halides is 3. The van der Waals surface area contributed by atoms with Crippen molar-refractivity contribution in [2.45, 2.75) is 36.9 Å². The molecule has 0 N–H and O–H groups in total. The Morgan fingerprint density at radius 1 is 1.19 bits per heavy atom. The highest BCUT2D eigenvalue weighted by Crippen LogP contribution is 2.39. The van der Waals surface area contributed by atoms with Crippen molar-refractivity contribution in [2.24, 2.45) is 7.05 Å². The summed E-state index contributed by atoms with van der Waals surface area (Å²) in [7, 11) is 1.53. The highest BCUT2D eigenvalue weighted by atomic mass is 35.5. The van der Waals surface area contributed by atoms with E-state index in [4.69, 9.17) is 16.3 Å². The summed E-state index contributed by atoms with van der Waals surface area (Å²) < 4.78 is 48.7. The molecule has 1 saturated heterocycles. The van der Waals surface area contributed by atoms with Gasteiger partial charge in [0, 0.05) is 25.2 Å². The maximum Gasteiger partial charge on any atom is 0.436 e. The van der Waals surface area contributed by atoms with Crippen molar-refractivity contribution in [1.29, 1.82) is 0 Å². The van der Waals surface area contributed by atoms with Crippen molar-refractivity contribution in [3.05, 3.63) is 40.7 Å². The van der Waals surface area contributed by atoms with E-state index in [2.05, 4.69) is 5.10 Å². The second-order valence-corrected chi connectivity index (χ2v) is 7.72. The molecule has 2 aromatic rings. The fourth-order valence-electron chi connectivity index (χ4n) is 2.76. The van der Waals surface area contributed by atoms with Gasteiger partial charge in [-0.05, 0) is 56.0 Å². The topological polar surface area (TPSA) is 30.3 Å². The monoisotopic (exact) mass is 405 g/mol. The number of rotatable bonds is 4. The average Bonchev–Trinajstić information content (AvgIpc) is 2.87. The standard InChI is InChI=1S/C17H19ClF3N3OS/c1-11-15(16(17(19,20)21)22-23(11)2)26-24-9-7-14(8-10-24)25-13-5-3-12(18)4-6-13/h3-6,14H,7-10H2,1-2H3. The van der Waals surface area contributed by atoms with Crippen LogP contribution in [-0.4, -0.2) is 33.3 Å². The maximum absolute atomic E-state index is 13.2. The Hall–Kier alpha value is -1.38. The molecular formula is C17H19ClF3N3OS. The Kier molecular flexibility index (Phi) is 5.74. The van der Waals surface area contributed by atoms with Gasteiger partial charge >= 0.3 is 6.18 Å². The molecule has 1 aliphatic heterocycles. The molecule has 1 aliphatic rings. The maximum atomic E-state index is 13.2. The lowest BCUT2D eigenvalue weighted by atomic mass is 10.1. The summed E-state index contributed by atoms with van der Waals surface area (Å²) in [5.41, 5.74) is -0.302. The van der Waals surface area contributed by atoms with Gasteiger partial charge in [0.25, 0.3) is 0 Å². The molecule has 1 fully saturated rings. The lowest BCUT2D eigenvalue weighted by molar-refractivity contribution is -0.143. The molecule has 0 atom stereocenters. The lowest BCUT2D eigenvalue weighted by Gasteiger charge is -2.31. The number of aryl methyl sites for hydroxylation is 1. The molecule has 0 amide bonds. The number of benzene rings is 1. The van der Waals surface area contributed by atoms with Gasteiger partial charge in [0.2, 0.25) is 0 Å². The number of halogens is 4. The normalized spacial score (nSPS) is 16.8. The predicted molar refractivity (Wildman–Crippen MR) is 95.5 cm³/mol. The number of nitrogens with zero attached hydrogens (tertiary/aromatic N) is 3. The zero-order valence-corrected chi connectivity index (χ0v) is 16.0. The van der Waals surface area contributed by atoms with Gasteiger partial charge < -0.3 is 4.74 Å². The van der Waals surface area contributed by atoms with Crippen LogP contribution in [0.2, 0.25) is 5.02 Å².